The van der Waals surface area contributed by atoms with Gasteiger partial charge in [-0.3, -0.25) is 4.79 Å². The van der Waals surface area contributed by atoms with Crippen molar-refractivity contribution in [1.29, 1.82) is 0 Å². The fourth-order valence-electron chi connectivity index (χ4n) is 4.80. The van der Waals surface area contributed by atoms with Crippen molar-refractivity contribution in [3.8, 4) is 0 Å². The summed E-state index contributed by atoms with van der Waals surface area (Å²) in [4.78, 5) is 15.5. The molecule has 0 N–H and O–H groups in total. The molecule has 0 saturated heterocycles. The summed E-state index contributed by atoms with van der Waals surface area (Å²) in [6.07, 6.45) is 2.69. The number of fused-ring (bicyclic) bond motifs is 1. The third-order valence-corrected chi connectivity index (χ3v) is 6.10. The van der Waals surface area contributed by atoms with Gasteiger partial charge in [-0.1, -0.05) is 69.3 Å². The first kappa shape index (κ1) is 18.7. The number of para-hydroxylation sites is 1. The lowest BCUT2D eigenvalue weighted by atomic mass is 9.65. The van der Waals surface area contributed by atoms with Gasteiger partial charge in [0.25, 0.3) is 0 Å². The Balaban J connectivity index is 2.18. The lowest BCUT2D eigenvalue weighted by Gasteiger charge is -2.52. The van der Waals surface area contributed by atoms with Gasteiger partial charge in [0.1, 0.15) is 0 Å². The number of hydrogen-bond donors (Lipinski definition) is 0. The van der Waals surface area contributed by atoms with Crippen LogP contribution in [-0.4, -0.2) is 11.4 Å². The molecule has 1 aliphatic heterocycles. The van der Waals surface area contributed by atoms with Crippen LogP contribution < -0.4 is 4.90 Å². The molecule has 0 spiro atoms. The van der Waals surface area contributed by atoms with Crippen molar-refractivity contribution in [2.45, 2.75) is 64.8 Å². The monoisotopic (exact) mass is 349 g/mol. The molecule has 0 saturated carbocycles. The number of benzene rings is 2. The van der Waals surface area contributed by atoms with E-state index in [-0.39, 0.29) is 22.8 Å². The molecule has 1 amide bonds. The molecule has 0 unspecified atom stereocenters. The van der Waals surface area contributed by atoms with Crippen LogP contribution in [-0.2, 0) is 10.2 Å². The molecule has 3 rings (SSSR count). The Kier molecular flexibility index (Phi) is 4.96. The topological polar surface area (TPSA) is 20.3 Å². The highest BCUT2D eigenvalue weighted by Gasteiger charge is 2.48. The fourth-order valence-corrected chi connectivity index (χ4v) is 4.80. The van der Waals surface area contributed by atoms with Gasteiger partial charge in [0.2, 0.25) is 5.91 Å². The number of carbonyl (C=O) groups excluding carboxylic acids is 1. The van der Waals surface area contributed by atoms with Crippen LogP contribution in [0.3, 0.4) is 0 Å². The van der Waals surface area contributed by atoms with Gasteiger partial charge < -0.3 is 4.90 Å². The SMILES string of the molecule is CCC(CC)C(=O)N1c2ccccc2[C@](C)(c2ccccc2)CC1(C)C. The Labute approximate surface area is 158 Å². The maximum Gasteiger partial charge on any atom is 0.230 e. The van der Waals surface area contributed by atoms with Crippen molar-refractivity contribution >= 4 is 11.6 Å². The molecule has 2 aromatic carbocycles. The van der Waals surface area contributed by atoms with E-state index in [2.05, 4.69) is 94.1 Å². The second-order valence-corrected chi connectivity index (χ2v) is 8.39. The van der Waals surface area contributed by atoms with Gasteiger partial charge in [-0.25, -0.2) is 0 Å². The summed E-state index contributed by atoms with van der Waals surface area (Å²) in [6, 6.07) is 19.2. The normalized spacial score (nSPS) is 21.5. The van der Waals surface area contributed by atoms with Crippen LogP contribution in [0.2, 0.25) is 0 Å². The standard InChI is InChI=1S/C24H31NO/c1-6-18(7-2)22(26)25-21-16-12-11-15-20(21)24(5,17-23(25,3)4)19-13-9-8-10-14-19/h8-16,18H,6-7,17H2,1-5H3/t24-/m0/s1. The van der Waals surface area contributed by atoms with Crippen molar-refractivity contribution in [3.63, 3.8) is 0 Å². The minimum Gasteiger partial charge on any atom is -0.306 e. The van der Waals surface area contributed by atoms with E-state index in [0.29, 0.717) is 0 Å². The van der Waals surface area contributed by atoms with Crippen molar-refractivity contribution in [1.82, 2.24) is 0 Å². The van der Waals surface area contributed by atoms with Crippen LogP contribution in [0.25, 0.3) is 0 Å². The largest absolute Gasteiger partial charge is 0.306 e. The lowest BCUT2D eigenvalue weighted by Crippen LogP contribution is -2.57. The lowest BCUT2D eigenvalue weighted by molar-refractivity contribution is -0.124. The predicted molar refractivity (Wildman–Crippen MR) is 110 cm³/mol. The Morgan fingerprint density at radius 3 is 2.15 bits per heavy atom. The van der Waals surface area contributed by atoms with Crippen LogP contribution in [0, 0.1) is 5.92 Å². The van der Waals surface area contributed by atoms with E-state index in [1.54, 1.807) is 0 Å². The maximum absolute atomic E-state index is 13.4. The second-order valence-electron chi connectivity index (χ2n) is 8.39. The quantitative estimate of drug-likeness (QED) is 0.668. The first-order valence-electron chi connectivity index (χ1n) is 9.84. The average Bonchev–Trinajstić information content (AvgIpc) is 2.63. The third-order valence-electron chi connectivity index (χ3n) is 6.10. The highest BCUT2D eigenvalue weighted by atomic mass is 16.2. The molecular weight excluding hydrogens is 318 g/mol. The number of amides is 1. The smallest absolute Gasteiger partial charge is 0.230 e. The predicted octanol–water partition coefficient (Wildman–Crippen LogP) is 5.94. The molecule has 1 aliphatic rings. The molecule has 1 atom stereocenters. The third kappa shape index (κ3) is 2.96. The van der Waals surface area contributed by atoms with Gasteiger partial charge >= 0.3 is 0 Å². The fraction of sp³-hybridized carbons (Fsp3) is 0.458. The van der Waals surface area contributed by atoms with Gasteiger partial charge in [0.15, 0.2) is 0 Å². The van der Waals surface area contributed by atoms with Gasteiger partial charge in [0.05, 0.1) is 0 Å². The Morgan fingerprint density at radius 1 is 0.962 bits per heavy atom. The molecule has 0 radical (unpaired) electrons. The van der Waals surface area contributed by atoms with Crippen molar-refractivity contribution < 1.29 is 4.79 Å². The summed E-state index contributed by atoms with van der Waals surface area (Å²) >= 11 is 0. The van der Waals surface area contributed by atoms with E-state index in [1.165, 1.54) is 11.1 Å². The minimum absolute atomic E-state index is 0.0865. The molecule has 0 bridgehead atoms. The second kappa shape index (κ2) is 6.90. The Hall–Kier alpha value is -2.09. The molecule has 2 aromatic rings. The summed E-state index contributed by atoms with van der Waals surface area (Å²) < 4.78 is 0. The van der Waals surface area contributed by atoms with Crippen LogP contribution in [0.15, 0.2) is 54.6 Å². The molecule has 2 nitrogen and oxygen atoms in total. The van der Waals surface area contributed by atoms with Gasteiger partial charge in [-0.15, -0.1) is 0 Å². The van der Waals surface area contributed by atoms with E-state index in [1.807, 2.05) is 0 Å². The summed E-state index contributed by atoms with van der Waals surface area (Å²) in [5.74, 6) is 0.353. The van der Waals surface area contributed by atoms with E-state index < -0.39 is 0 Å². The zero-order valence-electron chi connectivity index (χ0n) is 16.8. The number of anilines is 1. The van der Waals surface area contributed by atoms with E-state index in [0.717, 1.165) is 24.9 Å². The van der Waals surface area contributed by atoms with E-state index in [4.69, 9.17) is 0 Å². The summed E-state index contributed by atoms with van der Waals surface area (Å²) in [6.45, 7) is 11.0. The van der Waals surface area contributed by atoms with Crippen molar-refractivity contribution in [3.05, 3.63) is 65.7 Å². The van der Waals surface area contributed by atoms with Crippen molar-refractivity contribution in [2.24, 2.45) is 5.92 Å². The van der Waals surface area contributed by atoms with Crippen molar-refractivity contribution in [2.75, 3.05) is 4.90 Å². The highest BCUT2D eigenvalue weighted by Crippen LogP contribution is 2.50. The zero-order chi connectivity index (χ0) is 18.9. The number of nitrogens with zero attached hydrogens (tertiary/aromatic N) is 1. The van der Waals surface area contributed by atoms with E-state index in [9.17, 15) is 4.79 Å². The van der Waals surface area contributed by atoms with Crippen LogP contribution in [0.4, 0.5) is 5.69 Å². The molecule has 26 heavy (non-hydrogen) atoms. The summed E-state index contributed by atoms with van der Waals surface area (Å²) in [5, 5.41) is 0. The Morgan fingerprint density at radius 2 is 1.54 bits per heavy atom. The molecule has 0 aromatic heterocycles. The highest BCUT2D eigenvalue weighted by molar-refractivity contribution is 5.98. The molecule has 1 heterocycles. The average molecular weight is 350 g/mol. The van der Waals surface area contributed by atoms with Crippen LogP contribution in [0.5, 0.6) is 0 Å². The molecule has 0 fully saturated rings. The summed E-state index contributed by atoms with van der Waals surface area (Å²) in [7, 11) is 0. The number of hydrogen-bond acceptors (Lipinski definition) is 1. The Bertz CT molecular complexity index is 776. The minimum atomic E-state index is -0.237. The molecule has 2 heteroatoms. The zero-order valence-corrected chi connectivity index (χ0v) is 16.8. The number of carbonyl (C=O) groups is 1. The van der Waals surface area contributed by atoms with Gasteiger partial charge in [0, 0.05) is 22.6 Å². The van der Waals surface area contributed by atoms with Crippen LogP contribution >= 0.6 is 0 Å². The van der Waals surface area contributed by atoms with Crippen LogP contribution in [0.1, 0.15) is 65.0 Å². The van der Waals surface area contributed by atoms with Gasteiger partial charge in [-0.05, 0) is 50.3 Å². The first-order valence-corrected chi connectivity index (χ1v) is 9.84. The molecule has 138 valence electrons. The van der Waals surface area contributed by atoms with E-state index >= 15 is 0 Å². The van der Waals surface area contributed by atoms with Gasteiger partial charge in [-0.2, -0.15) is 0 Å². The number of rotatable bonds is 4. The molecule has 0 aliphatic carbocycles. The first-order chi connectivity index (χ1) is 12.3. The maximum atomic E-state index is 13.4. The molecular formula is C24H31NO. The summed E-state index contributed by atoms with van der Waals surface area (Å²) in [5.41, 5.74) is 3.30.